The zero-order chi connectivity index (χ0) is 13.0. The van der Waals surface area contributed by atoms with Gasteiger partial charge in [-0.05, 0) is 43.9 Å². The predicted octanol–water partition coefficient (Wildman–Crippen LogP) is 3.08. The van der Waals surface area contributed by atoms with E-state index in [9.17, 15) is 13.2 Å². The van der Waals surface area contributed by atoms with E-state index in [2.05, 4.69) is 16.5 Å². The maximum absolute atomic E-state index is 12.3. The van der Waals surface area contributed by atoms with Crippen LogP contribution in [0, 0.1) is 6.42 Å². The van der Waals surface area contributed by atoms with Crippen LogP contribution in [0.5, 0.6) is 5.75 Å². The summed E-state index contributed by atoms with van der Waals surface area (Å²) in [6.07, 6.45) is 0.0666. The molecule has 1 heterocycles. The fourth-order valence-electron chi connectivity index (χ4n) is 2.08. The Hall–Kier alpha value is -1.23. The summed E-state index contributed by atoms with van der Waals surface area (Å²) in [7, 11) is 0. The molecule has 0 spiro atoms. The van der Waals surface area contributed by atoms with Crippen molar-refractivity contribution in [1.29, 1.82) is 0 Å². The first-order chi connectivity index (χ1) is 8.54. The van der Waals surface area contributed by atoms with Gasteiger partial charge in [0.05, 0.1) is 0 Å². The van der Waals surface area contributed by atoms with E-state index in [1.165, 1.54) is 6.07 Å². The van der Waals surface area contributed by atoms with Crippen molar-refractivity contribution >= 4 is 0 Å². The number of alkyl halides is 3. The molecule has 1 saturated heterocycles. The number of hydrogen-bond acceptors (Lipinski definition) is 2. The minimum Gasteiger partial charge on any atom is -0.406 e. The maximum Gasteiger partial charge on any atom is 0.573 e. The standard InChI is InChI=1S/C13H15F3NO/c14-13(15,16)18-12-7-2-1-5-10(12)9-11-6-3-4-8-17-11/h1-2,5-7,11,17H,3-4,8-9H2. The van der Waals surface area contributed by atoms with E-state index in [0.29, 0.717) is 12.0 Å². The van der Waals surface area contributed by atoms with Crippen LogP contribution in [-0.2, 0) is 6.42 Å². The van der Waals surface area contributed by atoms with Crippen LogP contribution in [0.4, 0.5) is 13.2 Å². The summed E-state index contributed by atoms with van der Waals surface area (Å²) in [4.78, 5) is 0. The maximum atomic E-state index is 12.3. The monoisotopic (exact) mass is 258 g/mol. The van der Waals surface area contributed by atoms with Crippen LogP contribution >= 0.6 is 0 Å². The Morgan fingerprint density at radius 1 is 1.28 bits per heavy atom. The summed E-state index contributed by atoms with van der Waals surface area (Å²) in [6.45, 7) is 0.906. The average Bonchev–Trinajstić information content (AvgIpc) is 2.31. The first kappa shape index (κ1) is 13.2. The fraction of sp³-hybridized carbons (Fsp3) is 0.462. The minimum absolute atomic E-state index is 0.106. The molecule has 1 aromatic carbocycles. The van der Waals surface area contributed by atoms with Crippen LogP contribution in [0.15, 0.2) is 24.3 Å². The van der Waals surface area contributed by atoms with E-state index in [4.69, 9.17) is 0 Å². The van der Waals surface area contributed by atoms with E-state index in [0.717, 1.165) is 19.4 Å². The second-order valence-electron chi connectivity index (χ2n) is 4.30. The van der Waals surface area contributed by atoms with Crippen LogP contribution < -0.4 is 10.1 Å². The van der Waals surface area contributed by atoms with Crippen LogP contribution in [0.2, 0.25) is 0 Å². The molecule has 0 bridgehead atoms. The first-order valence-electron chi connectivity index (χ1n) is 5.95. The van der Waals surface area contributed by atoms with Crippen molar-refractivity contribution in [2.45, 2.75) is 31.7 Å². The Balaban J connectivity index is 2.06. The minimum atomic E-state index is -4.64. The van der Waals surface area contributed by atoms with Crippen molar-refractivity contribution in [3.63, 3.8) is 0 Å². The lowest BCUT2D eigenvalue weighted by Gasteiger charge is -2.24. The Bertz CT molecular complexity index is 386. The smallest absolute Gasteiger partial charge is 0.406 e. The molecule has 1 atom stereocenters. The third-order valence-electron chi connectivity index (χ3n) is 2.88. The van der Waals surface area contributed by atoms with Gasteiger partial charge in [0.1, 0.15) is 5.75 Å². The zero-order valence-corrected chi connectivity index (χ0v) is 9.83. The van der Waals surface area contributed by atoms with E-state index < -0.39 is 6.36 Å². The topological polar surface area (TPSA) is 21.3 Å². The fourth-order valence-corrected chi connectivity index (χ4v) is 2.08. The average molecular weight is 258 g/mol. The quantitative estimate of drug-likeness (QED) is 0.899. The second kappa shape index (κ2) is 5.61. The molecule has 1 aliphatic heterocycles. The van der Waals surface area contributed by atoms with Crippen LogP contribution in [-0.4, -0.2) is 18.9 Å². The molecule has 1 unspecified atom stereocenters. The Labute approximate surface area is 104 Å². The summed E-state index contributed by atoms with van der Waals surface area (Å²) in [5.74, 6) is -0.106. The van der Waals surface area contributed by atoms with Crippen molar-refractivity contribution in [3.8, 4) is 5.75 Å². The van der Waals surface area contributed by atoms with Crippen molar-refractivity contribution < 1.29 is 17.9 Å². The van der Waals surface area contributed by atoms with Crippen LogP contribution in [0.25, 0.3) is 0 Å². The molecule has 2 nitrogen and oxygen atoms in total. The predicted molar refractivity (Wildman–Crippen MR) is 62.2 cm³/mol. The molecule has 1 fully saturated rings. The lowest BCUT2D eigenvalue weighted by molar-refractivity contribution is -0.274. The highest BCUT2D eigenvalue weighted by Gasteiger charge is 2.32. The molecule has 18 heavy (non-hydrogen) atoms. The highest BCUT2D eigenvalue weighted by molar-refractivity contribution is 5.34. The lowest BCUT2D eigenvalue weighted by atomic mass is 9.97. The van der Waals surface area contributed by atoms with Gasteiger partial charge in [-0.15, -0.1) is 13.2 Å². The Morgan fingerprint density at radius 3 is 2.72 bits per heavy atom. The SMILES string of the molecule is FC(F)(F)Oc1ccccc1CC1[CH]CCCN1. The molecule has 0 aliphatic carbocycles. The third kappa shape index (κ3) is 3.91. The number of para-hydroxylation sites is 1. The number of ether oxygens (including phenoxy) is 1. The summed E-state index contributed by atoms with van der Waals surface area (Å²) in [5.41, 5.74) is 0.575. The normalized spacial score (nSPS) is 20.7. The summed E-state index contributed by atoms with van der Waals surface area (Å²) < 4.78 is 40.8. The van der Waals surface area contributed by atoms with Crippen molar-refractivity contribution in [2.24, 2.45) is 0 Å². The molecular formula is C13H15F3NO. The molecule has 5 heteroatoms. The molecular weight excluding hydrogens is 243 g/mol. The van der Waals surface area contributed by atoms with Gasteiger partial charge in [-0.1, -0.05) is 18.2 Å². The Morgan fingerprint density at radius 2 is 2.06 bits per heavy atom. The van der Waals surface area contributed by atoms with E-state index >= 15 is 0 Å². The molecule has 1 aromatic rings. The van der Waals surface area contributed by atoms with Gasteiger partial charge in [-0.3, -0.25) is 0 Å². The molecule has 1 radical (unpaired) electrons. The molecule has 0 aromatic heterocycles. The highest BCUT2D eigenvalue weighted by atomic mass is 19.4. The summed E-state index contributed by atoms with van der Waals surface area (Å²) >= 11 is 0. The van der Waals surface area contributed by atoms with Gasteiger partial charge in [0.2, 0.25) is 0 Å². The van der Waals surface area contributed by atoms with Gasteiger partial charge in [-0.25, -0.2) is 0 Å². The summed E-state index contributed by atoms with van der Waals surface area (Å²) in [6, 6.07) is 6.41. The first-order valence-corrected chi connectivity index (χ1v) is 5.95. The van der Waals surface area contributed by atoms with Gasteiger partial charge >= 0.3 is 6.36 Å². The van der Waals surface area contributed by atoms with Crippen LogP contribution in [0.3, 0.4) is 0 Å². The third-order valence-corrected chi connectivity index (χ3v) is 2.88. The van der Waals surface area contributed by atoms with E-state index in [1.54, 1.807) is 18.2 Å². The number of rotatable bonds is 3. The van der Waals surface area contributed by atoms with Gasteiger partial charge < -0.3 is 10.1 Å². The molecule has 1 aliphatic rings. The second-order valence-corrected chi connectivity index (χ2v) is 4.30. The van der Waals surface area contributed by atoms with Crippen molar-refractivity contribution in [2.75, 3.05) is 6.54 Å². The number of benzene rings is 1. The van der Waals surface area contributed by atoms with Gasteiger partial charge in [0.15, 0.2) is 0 Å². The van der Waals surface area contributed by atoms with Crippen molar-refractivity contribution in [3.05, 3.63) is 36.2 Å². The van der Waals surface area contributed by atoms with Gasteiger partial charge in [-0.2, -0.15) is 0 Å². The molecule has 2 rings (SSSR count). The molecule has 0 saturated carbocycles. The summed E-state index contributed by atoms with van der Waals surface area (Å²) in [5, 5.41) is 3.27. The van der Waals surface area contributed by atoms with Crippen molar-refractivity contribution in [1.82, 2.24) is 5.32 Å². The number of halogens is 3. The number of piperidine rings is 1. The van der Waals surface area contributed by atoms with Gasteiger partial charge in [0.25, 0.3) is 0 Å². The van der Waals surface area contributed by atoms with E-state index in [1.807, 2.05) is 0 Å². The number of hydrogen-bond donors (Lipinski definition) is 1. The number of nitrogens with one attached hydrogen (secondary N) is 1. The Kier molecular flexibility index (Phi) is 4.11. The van der Waals surface area contributed by atoms with Crippen LogP contribution in [0.1, 0.15) is 18.4 Å². The molecule has 1 N–H and O–H groups in total. The molecule has 0 amide bonds. The van der Waals surface area contributed by atoms with Gasteiger partial charge in [0, 0.05) is 6.04 Å². The van der Waals surface area contributed by atoms with E-state index in [-0.39, 0.29) is 11.8 Å². The largest absolute Gasteiger partial charge is 0.573 e. The highest BCUT2D eigenvalue weighted by Crippen LogP contribution is 2.27. The molecule has 99 valence electrons. The zero-order valence-electron chi connectivity index (χ0n) is 9.83. The lowest BCUT2D eigenvalue weighted by Crippen LogP contribution is -2.36.